The van der Waals surface area contributed by atoms with Gasteiger partial charge in [-0.3, -0.25) is 9.59 Å². The van der Waals surface area contributed by atoms with E-state index in [0.29, 0.717) is 66.5 Å². The Balaban J connectivity index is 1.40. The standard InChI is InChI=1S/C24H24Cl2N2O3/c1-2-23(30)27-11-17-13-28(14-18(17)12-27)24(31)7-6-16-9-20(21(26)10-22(16)29)15-4-3-5-19(25)8-15/h2-5,8-10,17-18,29H,1,6-7,11-14H2. The fourth-order valence-corrected chi connectivity index (χ4v) is 5.05. The molecule has 0 aliphatic carbocycles. The summed E-state index contributed by atoms with van der Waals surface area (Å²) in [6.45, 7) is 6.25. The normalized spacial score (nSPS) is 20.1. The summed E-state index contributed by atoms with van der Waals surface area (Å²) in [5, 5.41) is 11.4. The molecule has 2 unspecified atom stereocenters. The SMILES string of the molecule is C=CC(=O)N1CC2CN(C(=O)CCc3cc(-c4cccc(Cl)c4)c(Cl)cc3O)CC2C1. The zero-order valence-electron chi connectivity index (χ0n) is 17.1. The molecular weight excluding hydrogens is 435 g/mol. The molecule has 162 valence electrons. The van der Waals surface area contributed by atoms with Crippen LogP contribution in [0.4, 0.5) is 0 Å². The van der Waals surface area contributed by atoms with E-state index < -0.39 is 0 Å². The van der Waals surface area contributed by atoms with Crippen molar-refractivity contribution in [2.45, 2.75) is 12.8 Å². The number of phenolic OH excluding ortho intramolecular Hbond substituents is 1. The Morgan fingerprint density at radius 2 is 1.74 bits per heavy atom. The van der Waals surface area contributed by atoms with Gasteiger partial charge in [0.2, 0.25) is 11.8 Å². The highest BCUT2D eigenvalue weighted by atomic mass is 35.5. The van der Waals surface area contributed by atoms with Crippen LogP contribution < -0.4 is 0 Å². The minimum atomic E-state index is -0.0407. The predicted molar refractivity (Wildman–Crippen MR) is 122 cm³/mol. The van der Waals surface area contributed by atoms with Crippen molar-refractivity contribution in [3.63, 3.8) is 0 Å². The highest BCUT2D eigenvalue weighted by molar-refractivity contribution is 6.34. The summed E-state index contributed by atoms with van der Waals surface area (Å²) in [6, 6.07) is 10.7. The van der Waals surface area contributed by atoms with Crippen molar-refractivity contribution >= 4 is 35.0 Å². The van der Waals surface area contributed by atoms with Crippen LogP contribution in [0.5, 0.6) is 5.75 Å². The molecule has 31 heavy (non-hydrogen) atoms. The molecule has 2 heterocycles. The van der Waals surface area contributed by atoms with E-state index in [2.05, 4.69) is 6.58 Å². The third kappa shape index (κ3) is 4.58. The van der Waals surface area contributed by atoms with Gasteiger partial charge in [-0.1, -0.05) is 41.9 Å². The number of aromatic hydroxyl groups is 1. The predicted octanol–water partition coefficient (Wildman–Crippen LogP) is 4.40. The fourth-order valence-electron chi connectivity index (χ4n) is 4.59. The summed E-state index contributed by atoms with van der Waals surface area (Å²) in [4.78, 5) is 28.3. The first kappa shape index (κ1) is 21.7. The molecule has 2 aliphatic heterocycles. The van der Waals surface area contributed by atoms with Crippen LogP contribution in [-0.2, 0) is 16.0 Å². The van der Waals surface area contributed by atoms with Gasteiger partial charge < -0.3 is 14.9 Å². The molecule has 2 aromatic rings. The van der Waals surface area contributed by atoms with Crippen molar-refractivity contribution in [1.82, 2.24) is 9.80 Å². The van der Waals surface area contributed by atoms with Crippen LogP contribution in [0.25, 0.3) is 11.1 Å². The lowest BCUT2D eigenvalue weighted by atomic mass is 9.99. The lowest BCUT2D eigenvalue weighted by Crippen LogP contribution is -2.35. The summed E-state index contributed by atoms with van der Waals surface area (Å²) >= 11 is 12.4. The Kier molecular flexibility index (Phi) is 6.26. The van der Waals surface area contributed by atoms with E-state index in [-0.39, 0.29) is 17.6 Å². The van der Waals surface area contributed by atoms with Gasteiger partial charge in [0.05, 0.1) is 5.02 Å². The Labute approximate surface area is 191 Å². The second-order valence-electron chi connectivity index (χ2n) is 8.24. The van der Waals surface area contributed by atoms with Gasteiger partial charge in [0.25, 0.3) is 0 Å². The second-order valence-corrected chi connectivity index (χ2v) is 9.08. The molecule has 4 rings (SSSR count). The molecule has 2 saturated heterocycles. The minimum absolute atomic E-state index is 0.0407. The first-order chi connectivity index (χ1) is 14.9. The number of carbonyl (C=O) groups excluding carboxylic acids is 2. The van der Waals surface area contributed by atoms with Crippen LogP contribution >= 0.6 is 23.2 Å². The van der Waals surface area contributed by atoms with E-state index in [4.69, 9.17) is 23.2 Å². The zero-order valence-corrected chi connectivity index (χ0v) is 18.6. The lowest BCUT2D eigenvalue weighted by molar-refractivity contribution is -0.130. The summed E-state index contributed by atoms with van der Waals surface area (Å²) in [6.07, 6.45) is 2.07. The average molecular weight is 459 g/mol. The summed E-state index contributed by atoms with van der Waals surface area (Å²) < 4.78 is 0. The zero-order chi connectivity index (χ0) is 22.1. The molecule has 2 aromatic carbocycles. The van der Waals surface area contributed by atoms with Crippen LogP contribution in [0.2, 0.25) is 10.0 Å². The molecule has 2 fully saturated rings. The summed E-state index contributed by atoms with van der Waals surface area (Å²) in [5.41, 5.74) is 2.30. The van der Waals surface area contributed by atoms with Crippen LogP contribution in [0.1, 0.15) is 12.0 Å². The summed E-state index contributed by atoms with van der Waals surface area (Å²) in [5.74, 6) is 0.758. The molecule has 0 radical (unpaired) electrons. The monoisotopic (exact) mass is 458 g/mol. The van der Waals surface area contributed by atoms with Gasteiger partial charge >= 0.3 is 0 Å². The average Bonchev–Trinajstić information content (AvgIpc) is 3.32. The first-order valence-electron chi connectivity index (χ1n) is 10.3. The Morgan fingerprint density at radius 3 is 2.39 bits per heavy atom. The van der Waals surface area contributed by atoms with E-state index in [0.717, 1.165) is 11.1 Å². The number of aryl methyl sites for hydroxylation is 1. The van der Waals surface area contributed by atoms with E-state index in [9.17, 15) is 14.7 Å². The van der Waals surface area contributed by atoms with Crippen molar-refractivity contribution in [3.05, 3.63) is 64.7 Å². The van der Waals surface area contributed by atoms with Crippen molar-refractivity contribution in [2.75, 3.05) is 26.2 Å². The van der Waals surface area contributed by atoms with E-state index in [1.54, 1.807) is 6.07 Å². The number of likely N-dealkylation sites (tertiary alicyclic amines) is 2. The molecular formula is C24H24Cl2N2O3. The number of phenols is 1. The van der Waals surface area contributed by atoms with Crippen LogP contribution in [0.15, 0.2) is 49.1 Å². The number of carbonyl (C=O) groups is 2. The van der Waals surface area contributed by atoms with Crippen molar-refractivity contribution in [2.24, 2.45) is 11.8 Å². The topological polar surface area (TPSA) is 60.9 Å². The van der Waals surface area contributed by atoms with E-state index in [1.807, 2.05) is 34.1 Å². The Morgan fingerprint density at radius 1 is 1.06 bits per heavy atom. The molecule has 2 aliphatic rings. The number of benzene rings is 2. The molecule has 1 N–H and O–H groups in total. The first-order valence-corrected chi connectivity index (χ1v) is 11.1. The fraction of sp³-hybridized carbons (Fsp3) is 0.333. The maximum atomic E-state index is 12.8. The molecule has 0 aromatic heterocycles. The smallest absolute Gasteiger partial charge is 0.245 e. The maximum Gasteiger partial charge on any atom is 0.245 e. The van der Waals surface area contributed by atoms with Crippen molar-refractivity contribution in [1.29, 1.82) is 0 Å². The van der Waals surface area contributed by atoms with Gasteiger partial charge in [-0.15, -0.1) is 0 Å². The minimum Gasteiger partial charge on any atom is -0.508 e. The molecule has 5 nitrogen and oxygen atoms in total. The van der Waals surface area contributed by atoms with Gasteiger partial charge in [0, 0.05) is 55.0 Å². The largest absolute Gasteiger partial charge is 0.508 e. The Bertz CT molecular complexity index is 1030. The number of rotatable bonds is 5. The van der Waals surface area contributed by atoms with Gasteiger partial charge in [-0.25, -0.2) is 0 Å². The van der Waals surface area contributed by atoms with Crippen molar-refractivity contribution < 1.29 is 14.7 Å². The Hall–Kier alpha value is -2.50. The highest BCUT2D eigenvalue weighted by Gasteiger charge is 2.42. The van der Waals surface area contributed by atoms with Gasteiger partial charge in [0.1, 0.15) is 5.75 Å². The van der Waals surface area contributed by atoms with Gasteiger partial charge in [-0.2, -0.15) is 0 Å². The number of amides is 2. The van der Waals surface area contributed by atoms with Gasteiger partial charge in [0.15, 0.2) is 0 Å². The van der Waals surface area contributed by atoms with E-state index >= 15 is 0 Å². The lowest BCUT2D eigenvalue weighted by Gasteiger charge is -2.21. The molecule has 0 bridgehead atoms. The van der Waals surface area contributed by atoms with Crippen LogP contribution in [0, 0.1) is 11.8 Å². The van der Waals surface area contributed by atoms with Crippen LogP contribution in [-0.4, -0.2) is 52.9 Å². The number of hydrogen-bond donors (Lipinski definition) is 1. The number of halogens is 2. The highest BCUT2D eigenvalue weighted by Crippen LogP contribution is 2.36. The third-order valence-corrected chi connectivity index (χ3v) is 6.79. The third-order valence-electron chi connectivity index (χ3n) is 6.24. The number of fused-ring (bicyclic) bond motifs is 1. The van der Waals surface area contributed by atoms with Gasteiger partial charge in [-0.05, 0) is 47.9 Å². The van der Waals surface area contributed by atoms with E-state index in [1.165, 1.54) is 12.1 Å². The van der Waals surface area contributed by atoms with Crippen LogP contribution in [0.3, 0.4) is 0 Å². The molecule has 7 heteroatoms. The maximum absolute atomic E-state index is 12.8. The quantitative estimate of drug-likeness (QED) is 0.675. The number of hydrogen-bond acceptors (Lipinski definition) is 3. The summed E-state index contributed by atoms with van der Waals surface area (Å²) in [7, 11) is 0. The molecule has 0 saturated carbocycles. The van der Waals surface area contributed by atoms with Crippen molar-refractivity contribution in [3.8, 4) is 16.9 Å². The molecule has 0 spiro atoms. The molecule has 2 atom stereocenters. The molecule has 2 amide bonds. The number of nitrogens with zero attached hydrogens (tertiary/aromatic N) is 2. The second kappa shape index (κ2) is 8.93.